The van der Waals surface area contributed by atoms with Gasteiger partial charge in [-0.25, -0.2) is 13.2 Å². The molecule has 0 unspecified atom stereocenters. The minimum absolute atomic E-state index is 0.0417. The summed E-state index contributed by atoms with van der Waals surface area (Å²) in [5.74, 6) is -0.838. The van der Waals surface area contributed by atoms with E-state index in [0.29, 0.717) is 49.1 Å². The van der Waals surface area contributed by atoms with Crippen LogP contribution in [-0.4, -0.2) is 30.6 Å². The third-order valence-electron chi connectivity index (χ3n) is 6.41. The minimum atomic E-state index is -0.646. The van der Waals surface area contributed by atoms with E-state index in [1.807, 2.05) is 0 Å². The maximum absolute atomic E-state index is 14.4. The molecule has 1 saturated carbocycles. The molecule has 2 heterocycles. The summed E-state index contributed by atoms with van der Waals surface area (Å²) in [5.41, 5.74) is 2.54. The molecule has 3 aromatic rings. The van der Waals surface area contributed by atoms with Crippen LogP contribution in [0.1, 0.15) is 30.7 Å². The van der Waals surface area contributed by atoms with Crippen molar-refractivity contribution in [1.29, 1.82) is 0 Å². The van der Waals surface area contributed by atoms with E-state index >= 15 is 0 Å². The van der Waals surface area contributed by atoms with Gasteiger partial charge in [0.05, 0.1) is 24.4 Å². The Bertz CT molecular complexity index is 1120. The number of benzene rings is 2. The predicted molar refractivity (Wildman–Crippen MR) is 111 cm³/mol. The number of ether oxygens (including phenoxy) is 1. The number of H-pyrrole nitrogens is 1. The first-order chi connectivity index (χ1) is 15.0. The maximum atomic E-state index is 14.4. The molecular weight excluding hydrogens is 405 g/mol. The highest BCUT2D eigenvalue weighted by Gasteiger charge is 2.35. The fraction of sp³-hybridized carbons (Fsp3) is 0.375. The Labute approximate surface area is 177 Å². The van der Waals surface area contributed by atoms with Gasteiger partial charge in [-0.1, -0.05) is 0 Å². The number of aromatic amines is 1. The van der Waals surface area contributed by atoms with Gasteiger partial charge in [0.1, 0.15) is 17.5 Å². The zero-order valence-electron chi connectivity index (χ0n) is 16.9. The SMILES string of the molecule is O=C(CC1COC1)NC[C@H]1C[C@@H](c2c(-c3ccc(F)cc3)[nH]c3c(F)cc(F)cc32)C1. The fourth-order valence-electron chi connectivity index (χ4n) is 4.64. The van der Waals surface area contributed by atoms with Crippen molar-refractivity contribution in [3.8, 4) is 11.3 Å². The Kier molecular flexibility index (Phi) is 5.22. The third kappa shape index (κ3) is 3.94. The number of amides is 1. The first kappa shape index (κ1) is 20.1. The number of hydrogen-bond donors (Lipinski definition) is 2. The average Bonchev–Trinajstić information content (AvgIpc) is 3.03. The first-order valence-corrected chi connectivity index (χ1v) is 10.6. The van der Waals surface area contributed by atoms with Crippen LogP contribution >= 0.6 is 0 Å². The number of carbonyl (C=O) groups excluding carboxylic acids is 1. The summed E-state index contributed by atoms with van der Waals surface area (Å²) < 4.78 is 46.9. The molecule has 5 rings (SSSR count). The van der Waals surface area contributed by atoms with Crippen LogP contribution in [0.5, 0.6) is 0 Å². The Morgan fingerprint density at radius 1 is 1.03 bits per heavy atom. The molecule has 2 N–H and O–H groups in total. The van der Waals surface area contributed by atoms with E-state index in [9.17, 15) is 18.0 Å². The molecule has 0 atom stereocenters. The van der Waals surface area contributed by atoms with Gasteiger partial charge in [0.15, 0.2) is 0 Å². The van der Waals surface area contributed by atoms with Gasteiger partial charge in [0.2, 0.25) is 5.91 Å². The lowest BCUT2D eigenvalue weighted by molar-refractivity contribution is -0.126. The zero-order valence-corrected chi connectivity index (χ0v) is 16.9. The summed E-state index contributed by atoms with van der Waals surface area (Å²) in [6, 6.07) is 8.20. The van der Waals surface area contributed by atoms with Gasteiger partial charge in [-0.15, -0.1) is 0 Å². The molecule has 0 radical (unpaired) electrons. The summed E-state index contributed by atoms with van der Waals surface area (Å²) in [7, 11) is 0. The maximum Gasteiger partial charge on any atom is 0.220 e. The van der Waals surface area contributed by atoms with Gasteiger partial charge in [-0.2, -0.15) is 0 Å². The smallest absolute Gasteiger partial charge is 0.220 e. The molecule has 2 fully saturated rings. The third-order valence-corrected chi connectivity index (χ3v) is 6.41. The summed E-state index contributed by atoms with van der Waals surface area (Å²) in [6.07, 6.45) is 2.12. The highest BCUT2D eigenvalue weighted by molar-refractivity contribution is 5.92. The Hall–Kier alpha value is -2.80. The normalized spacial score (nSPS) is 21.0. The molecule has 1 saturated heterocycles. The molecule has 1 aliphatic heterocycles. The zero-order chi connectivity index (χ0) is 21.5. The molecule has 1 aromatic heterocycles. The van der Waals surface area contributed by atoms with E-state index in [0.717, 1.165) is 30.0 Å². The fourth-order valence-corrected chi connectivity index (χ4v) is 4.64. The van der Waals surface area contributed by atoms with Gasteiger partial charge in [-0.05, 0) is 66.1 Å². The minimum Gasteiger partial charge on any atom is -0.381 e. The highest BCUT2D eigenvalue weighted by atomic mass is 19.1. The molecule has 0 bridgehead atoms. The molecular formula is C24H23F3N2O2. The van der Waals surface area contributed by atoms with Crippen molar-refractivity contribution in [2.24, 2.45) is 11.8 Å². The lowest BCUT2D eigenvalue weighted by Gasteiger charge is -2.36. The average molecular weight is 428 g/mol. The van der Waals surface area contributed by atoms with E-state index in [1.165, 1.54) is 18.2 Å². The number of rotatable bonds is 6. The van der Waals surface area contributed by atoms with Crippen molar-refractivity contribution in [1.82, 2.24) is 10.3 Å². The number of carbonyl (C=O) groups is 1. The molecule has 1 aliphatic carbocycles. The number of fused-ring (bicyclic) bond motifs is 1. The van der Waals surface area contributed by atoms with Gasteiger partial charge < -0.3 is 15.0 Å². The van der Waals surface area contributed by atoms with Crippen molar-refractivity contribution < 1.29 is 22.7 Å². The molecule has 1 amide bonds. The van der Waals surface area contributed by atoms with E-state index in [1.54, 1.807) is 12.1 Å². The van der Waals surface area contributed by atoms with Crippen LogP contribution in [0.3, 0.4) is 0 Å². The molecule has 31 heavy (non-hydrogen) atoms. The van der Waals surface area contributed by atoms with Crippen molar-refractivity contribution in [2.75, 3.05) is 19.8 Å². The summed E-state index contributed by atoms with van der Waals surface area (Å²) in [5, 5.41) is 3.52. The standard InChI is InChI=1S/C24H23F3N2O2/c25-17-3-1-15(2-4-17)23-22(19-8-18(26)9-20(27)24(19)29-23)16-5-13(6-16)10-28-21(30)7-14-11-31-12-14/h1-4,8-9,13-14,16,29H,5-7,10-12H2,(H,28,30)/t13-,16+. The number of halogens is 3. The summed E-state index contributed by atoms with van der Waals surface area (Å²) in [4.78, 5) is 15.1. The molecule has 7 heteroatoms. The molecule has 0 spiro atoms. The van der Waals surface area contributed by atoms with Crippen LogP contribution in [0.15, 0.2) is 36.4 Å². The monoisotopic (exact) mass is 428 g/mol. The van der Waals surface area contributed by atoms with Gasteiger partial charge >= 0.3 is 0 Å². The second-order valence-electron chi connectivity index (χ2n) is 8.68. The van der Waals surface area contributed by atoms with E-state index in [-0.39, 0.29) is 23.2 Å². The van der Waals surface area contributed by atoms with Crippen molar-refractivity contribution >= 4 is 16.8 Å². The lowest BCUT2D eigenvalue weighted by atomic mass is 9.70. The largest absolute Gasteiger partial charge is 0.381 e. The van der Waals surface area contributed by atoms with Crippen LogP contribution in [0.25, 0.3) is 22.2 Å². The molecule has 2 aliphatic rings. The van der Waals surface area contributed by atoms with Crippen molar-refractivity contribution in [3.05, 3.63) is 59.4 Å². The van der Waals surface area contributed by atoms with Gasteiger partial charge in [0, 0.05) is 30.3 Å². The highest BCUT2D eigenvalue weighted by Crippen LogP contribution is 2.48. The number of aromatic nitrogens is 1. The van der Waals surface area contributed by atoms with Crippen LogP contribution in [0.2, 0.25) is 0 Å². The van der Waals surface area contributed by atoms with E-state index < -0.39 is 11.6 Å². The van der Waals surface area contributed by atoms with Crippen LogP contribution in [-0.2, 0) is 9.53 Å². The van der Waals surface area contributed by atoms with Gasteiger partial charge in [-0.3, -0.25) is 4.79 Å². The molecule has 4 nitrogen and oxygen atoms in total. The Morgan fingerprint density at radius 3 is 2.45 bits per heavy atom. The summed E-state index contributed by atoms with van der Waals surface area (Å²) in [6.45, 7) is 1.90. The lowest BCUT2D eigenvalue weighted by Crippen LogP contribution is -2.38. The van der Waals surface area contributed by atoms with Crippen molar-refractivity contribution in [2.45, 2.75) is 25.2 Å². The number of hydrogen-bond acceptors (Lipinski definition) is 2. The Morgan fingerprint density at radius 2 is 1.77 bits per heavy atom. The van der Waals surface area contributed by atoms with E-state index in [4.69, 9.17) is 4.74 Å². The van der Waals surface area contributed by atoms with Gasteiger partial charge in [0.25, 0.3) is 0 Å². The van der Waals surface area contributed by atoms with Crippen molar-refractivity contribution in [3.63, 3.8) is 0 Å². The van der Waals surface area contributed by atoms with Crippen LogP contribution < -0.4 is 5.32 Å². The topological polar surface area (TPSA) is 54.1 Å². The predicted octanol–water partition coefficient (Wildman–Crippen LogP) is 4.90. The van der Waals surface area contributed by atoms with E-state index in [2.05, 4.69) is 10.3 Å². The quantitative estimate of drug-likeness (QED) is 0.587. The van der Waals surface area contributed by atoms with Crippen LogP contribution in [0.4, 0.5) is 13.2 Å². The Balaban J connectivity index is 1.36. The second-order valence-corrected chi connectivity index (χ2v) is 8.68. The first-order valence-electron chi connectivity index (χ1n) is 10.6. The summed E-state index contributed by atoms with van der Waals surface area (Å²) >= 11 is 0. The second kappa shape index (κ2) is 8.04. The van der Waals surface area contributed by atoms with Crippen LogP contribution in [0, 0.1) is 29.3 Å². The molecule has 2 aromatic carbocycles. The molecule has 162 valence electrons. The number of nitrogens with one attached hydrogen (secondary N) is 2.